The van der Waals surface area contributed by atoms with Crippen molar-refractivity contribution in [3.8, 4) is 11.1 Å². The standard InChI is InChI=1S/C21H26N2O.ClH/c1-15-5-3-7-18(11-15)19-8-4-6-17(13-19)14-23-21(24)20-9-10-22-16(2)12-20;/h3-8,11,13,16,20,22H,9-10,12,14H2,1-2H3,(H,23,24);1H/t16-,20-;/m0./s1. The molecule has 0 bridgehead atoms. The van der Waals surface area contributed by atoms with Crippen LogP contribution < -0.4 is 10.6 Å². The molecule has 4 heteroatoms. The molecule has 25 heavy (non-hydrogen) atoms. The molecule has 1 aliphatic rings. The Bertz CT molecular complexity index is 717. The smallest absolute Gasteiger partial charge is 0.223 e. The second-order valence-electron chi connectivity index (χ2n) is 6.86. The van der Waals surface area contributed by atoms with Crippen LogP contribution in [0.1, 0.15) is 30.9 Å². The zero-order chi connectivity index (χ0) is 16.9. The van der Waals surface area contributed by atoms with E-state index in [1.54, 1.807) is 0 Å². The Hall–Kier alpha value is -1.84. The van der Waals surface area contributed by atoms with Gasteiger partial charge in [-0.05, 0) is 56.0 Å². The molecular formula is C21H27ClN2O. The molecule has 0 radical (unpaired) electrons. The maximum atomic E-state index is 12.4. The van der Waals surface area contributed by atoms with Gasteiger partial charge >= 0.3 is 0 Å². The summed E-state index contributed by atoms with van der Waals surface area (Å²) >= 11 is 0. The van der Waals surface area contributed by atoms with E-state index in [1.807, 2.05) is 0 Å². The molecule has 1 amide bonds. The summed E-state index contributed by atoms with van der Waals surface area (Å²) in [6.07, 6.45) is 1.86. The Morgan fingerprint density at radius 1 is 1.16 bits per heavy atom. The highest BCUT2D eigenvalue weighted by molar-refractivity contribution is 5.85. The fourth-order valence-electron chi connectivity index (χ4n) is 3.39. The summed E-state index contributed by atoms with van der Waals surface area (Å²) < 4.78 is 0. The summed E-state index contributed by atoms with van der Waals surface area (Å²) in [5.74, 6) is 0.325. The van der Waals surface area contributed by atoms with E-state index in [-0.39, 0.29) is 24.2 Å². The van der Waals surface area contributed by atoms with Gasteiger partial charge in [0.05, 0.1) is 0 Å². The van der Waals surface area contributed by atoms with Crippen LogP contribution >= 0.6 is 12.4 Å². The highest BCUT2D eigenvalue weighted by atomic mass is 35.5. The Kier molecular flexibility index (Phi) is 7.03. The van der Waals surface area contributed by atoms with Crippen molar-refractivity contribution in [1.82, 2.24) is 10.6 Å². The van der Waals surface area contributed by atoms with Gasteiger partial charge < -0.3 is 10.6 Å². The van der Waals surface area contributed by atoms with Crippen LogP contribution in [0.4, 0.5) is 0 Å². The molecule has 1 fully saturated rings. The van der Waals surface area contributed by atoms with Crippen LogP contribution in [-0.2, 0) is 11.3 Å². The van der Waals surface area contributed by atoms with Crippen LogP contribution in [0.2, 0.25) is 0 Å². The first kappa shape index (κ1) is 19.5. The number of hydrogen-bond donors (Lipinski definition) is 2. The normalized spacial score (nSPS) is 19.8. The van der Waals surface area contributed by atoms with Crippen molar-refractivity contribution in [3.05, 3.63) is 59.7 Å². The van der Waals surface area contributed by atoms with E-state index in [0.29, 0.717) is 12.6 Å². The Morgan fingerprint density at radius 3 is 2.60 bits per heavy atom. The quantitative estimate of drug-likeness (QED) is 0.864. The molecule has 2 aromatic carbocycles. The van der Waals surface area contributed by atoms with Crippen molar-refractivity contribution in [1.29, 1.82) is 0 Å². The minimum Gasteiger partial charge on any atom is -0.352 e. The molecule has 3 rings (SSSR count). The largest absolute Gasteiger partial charge is 0.352 e. The number of nitrogens with one attached hydrogen (secondary N) is 2. The molecule has 2 N–H and O–H groups in total. The monoisotopic (exact) mass is 358 g/mol. The van der Waals surface area contributed by atoms with Gasteiger partial charge in [-0.15, -0.1) is 12.4 Å². The third-order valence-electron chi connectivity index (χ3n) is 4.74. The third-order valence-corrected chi connectivity index (χ3v) is 4.74. The molecule has 0 aliphatic carbocycles. The van der Waals surface area contributed by atoms with E-state index in [4.69, 9.17) is 0 Å². The molecule has 0 saturated carbocycles. The maximum absolute atomic E-state index is 12.4. The predicted octanol–water partition coefficient (Wildman–Crippen LogP) is 4.09. The lowest BCUT2D eigenvalue weighted by Gasteiger charge is -2.27. The van der Waals surface area contributed by atoms with Crippen LogP contribution in [0.3, 0.4) is 0 Å². The topological polar surface area (TPSA) is 41.1 Å². The molecule has 2 atom stereocenters. The van der Waals surface area contributed by atoms with Crippen LogP contribution in [0, 0.1) is 12.8 Å². The van der Waals surface area contributed by atoms with Gasteiger partial charge in [-0.3, -0.25) is 4.79 Å². The predicted molar refractivity (Wildman–Crippen MR) is 106 cm³/mol. The number of rotatable bonds is 4. The van der Waals surface area contributed by atoms with E-state index >= 15 is 0 Å². The molecule has 0 spiro atoms. The van der Waals surface area contributed by atoms with Crippen molar-refractivity contribution < 1.29 is 4.79 Å². The molecule has 0 unspecified atom stereocenters. The number of hydrogen-bond acceptors (Lipinski definition) is 2. The fraction of sp³-hybridized carbons (Fsp3) is 0.381. The van der Waals surface area contributed by atoms with Crippen molar-refractivity contribution >= 4 is 18.3 Å². The number of benzene rings is 2. The summed E-state index contributed by atoms with van der Waals surface area (Å²) in [6.45, 7) is 5.78. The lowest BCUT2D eigenvalue weighted by atomic mass is 9.92. The van der Waals surface area contributed by atoms with Gasteiger partial charge in [0, 0.05) is 18.5 Å². The minimum absolute atomic E-state index is 0. The third kappa shape index (κ3) is 5.32. The molecular weight excluding hydrogens is 332 g/mol. The Balaban J connectivity index is 0.00000225. The Morgan fingerprint density at radius 2 is 1.88 bits per heavy atom. The fourth-order valence-corrected chi connectivity index (χ4v) is 3.39. The van der Waals surface area contributed by atoms with Gasteiger partial charge in [0.2, 0.25) is 5.91 Å². The summed E-state index contributed by atoms with van der Waals surface area (Å²) in [7, 11) is 0. The molecule has 1 aliphatic heterocycles. The van der Waals surface area contributed by atoms with Crippen molar-refractivity contribution in [3.63, 3.8) is 0 Å². The van der Waals surface area contributed by atoms with E-state index in [2.05, 4.69) is 73.0 Å². The van der Waals surface area contributed by atoms with Crippen LogP contribution in [-0.4, -0.2) is 18.5 Å². The maximum Gasteiger partial charge on any atom is 0.223 e. The highest BCUT2D eigenvalue weighted by Crippen LogP contribution is 2.22. The van der Waals surface area contributed by atoms with Gasteiger partial charge in [0.1, 0.15) is 0 Å². The summed E-state index contributed by atoms with van der Waals surface area (Å²) in [6, 6.07) is 17.4. The second kappa shape index (κ2) is 9.02. The summed E-state index contributed by atoms with van der Waals surface area (Å²) in [5.41, 5.74) is 4.81. The summed E-state index contributed by atoms with van der Waals surface area (Å²) in [5, 5.41) is 6.50. The minimum atomic E-state index is 0. The molecule has 0 aromatic heterocycles. The second-order valence-corrected chi connectivity index (χ2v) is 6.86. The average molecular weight is 359 g/mol. The molecule has 3 nitrogen and oxygen atoms in total. The zero-order valence-corrected chi connectivity index (χ0v) is 15.7. The van der Waals surface area contributed by atoms with Gasteiger partial charge in [0.25, 0.3) is 0 Å². The van der Waals surface area contributed by atoms with E-state index < -0.39 is 0 Å². The zero-order valence-electron chi connectivity index (χ0n) is 14.9. The van der Waals surface area contributed by atoms with Gasteiger partial charge in [0.15, 0.2) is 0 Å². The Labute approximate surface area is 156 Å². The number of halogens is 1. The number of aryl methyl sites for hydroxylation is 1. The first-order chi connectivity index (χ1) is 11.6. The lowest BCUT2D eigenvalue weighted by Crippen LogP contribution is -2.42. The highest BCUT2D eigenvalue weighted by Gasteiger charge is 2.24. The van der Waals surface area contributed by atoms with Crippen LogP contribution in [0.15, 0.2) is 48.5 Å². The lowest BCUT2D eigenvalue weighted by molar-refractivity contribution is -0.126. The van der Waals surface area contributed by atoms with E-state index in [1.165, 1.54) is 16.7 Å². The number of piperidine rings is 1. The van der Waals surface area contributed by atoms with Crippen molar-refractivity contribution in [2.75, 3.05) is 6.54 Å². The SMILES string of the molecule is Cc1cccc(-c2cccc(CNC(=O)[C@H]3CCN[C@@H](C)C3)c2)c1.Cl. The number of carbonyl (C=O) groups excluding carboxylic acids is 1. The van der Waals surface area contributed by atoms with Crippen molar-refractivity contribution in [2.45, 2.75) is 39.3 Å². The van der Waals surface area contributed by atoms with E-state index in [9.17, 15) is 4.79 Å². The van der Waals surface area contributed by atoms with Gasteiger partial charge in [-0.25, -0.2) is 0 Å². The van der Waals surface area contributed by atoms with Gasteiger partial charge in [-0.2, -0.15) is 0 Å². The molecule has 1 heterocycles. The molecule has 1 saturated heterocycles. The average Bonchev–Trinajstić information content (AvgIpc) is 2.60. The first-order valence-corrected chi connectivity index (χ1v) is 8.79. The van der Waals surface area contributed by atoms with Crippen LogP contribution in [0.25, 0.3) is 11.1 Å². The summed E-state index contributed by atoms with van der Waals surface area (Å²) in [4.78, 5) is 12.4. The first-order valence-electron chi connectivity index (χ1n) is 8.79. The van der Waals surface area contributed by atoms with Crippen molar-refractivity contribution in [2.24, 2.45) is 5.92 Å². The van der Waals surface area contributed by atoms with E-state index in [0.717, 1.165) is 24.9 Å². The molecule has 134 valence electrons. The van der Waals surface area contributed by atoms with Gasteiger partial charge in [-0.1, -0.05) is 48.0 Å². The van der Waals surface area contributed by atoms with Crippen LogP contribution in [0.5, 0.6) is 0 Å². The molecule has 2 aromatic rings. The number of carbonyl (C=O) groups is 1. The number of amides is 1.